The third-order valence-electron chi connectivity index (χ3n) is 3.63. The number of nitrogens with zero attached hydrogens (tertiary/aromatic N) is 1. The summed E-state index contributed by atoms with van der Waals surface area (Å²) in [6.45, 7) is 3.25. The Bertz CT molecular complexity index is 453. The molecule has 0 spiro atoms. The summed E-state index contributed by atoms with van der Waals surface area (Å²) in [4.78, 5) is 14.5. The van der Waals surface area contributed by atoms with Gasteiger partial charge in [0, 0.05) is 30.7 Å². The SMILES string of the molecule is CCOC(=O)C1(C=C2CCCN2C)C=CC=C(Cl)C1. The zero-order chi connectivity index (χ0) is 13.9. The second-order valence-electron chi connectivity index (χ2n) is 5.07. The number of likely N-dealkylation sites (tertiary alicyclic amines) is 1. The molecule has 0 aromatic carbocycles. The minimum atomic E-state index is -0.740. The van der Waals surface area contributed by atoms with Crippen LogP contribution in [0.1, 0.15) is 26.2 Å². The zero-order valence-corrected chi connectivity index (χ0v) is 12.2. The summed E-state index contributed by atoms with van der Waals surface area (Å²) in [6, 6.07) is 0. The van der Waals surface area contributed by atoms with Crippen molar-refractivity contribution in [3.05, 3.63) is 35.0 Å². The highest BCUT2D eigenvalue weighted by Gasteiger charge is 2.38. The van der Waals surface area contributed by atoms with Gasteiger partial charge in [0.15, 0.2) is 0 Å². The van der Waals surface area contributed by atoms with Gasteiger partial charge in [-0.05, 0) is 31.9 Å². The summed E-state index contributed by atoms with van der Waals surface area (Å²) in [6.07, 6.45) is 10.2. The van der Waals surface area contributed by atoms with Crippen LogP contribution in [0.2, 0.25) is 0 Å². The van der Waals surface area contributed by atoms with Gasteiger partial charge >= 0.3 is 5.97 Å². The van der Waals surface area contributed by atoms with Gasteiger partial charge in [-0.1, -0.05) is 23.8 Å². The van der Waals surface area contributed by atoms with Crippen LogP contribution in [-0.2, 0) is 9.53 Å². The Kier molecular flexibility index (Phi) is 4.35. The molecule has 1 unspecified atom stereocenters. The van der Waals surface area contributed by atoms with E-state index < -0.39 is 5.41 Å². The molecule has 0 bridgehead atoms. The molecule has 1 saturated heterocycles. The lowest BCUT2D eigenvalue weighted by Gasteiger charge is -2.28. The molecule has 0 amide bonds. The van der Waals surface area contributed by atoms with Crippen molar-refractivity contribution in [2.45, 2.75) is 26.2 Å². The Labute approximate surface area is 119 Å². The van der Waals surface area contributed by atoms with Gasteiger partial charge in [0.2, 0.25) is 0 Å². The van der Waals surface area contributed by atoms with E-state index in [1.165, 1.54) is 5.70 Å². The topological polar surface area (TPSA) is 29.5 Å². The number of ether oxygens (including phenoxy) is 1. The first kappa shape index (κ1) is 14.2. The molecule has 3 nitrogen and oxygen atoms in total. The largest absolute Gasteiger partial charge is 0.465 e. The fourth-order valence-electron chi connectivity index (χ4n) is 2.60. The van der Waals surface area contributed by atoms with E-state index in [4.69, 9.17) is 16.3 Å². The minimum absolute atomic E-state index is 0.217. The first-order valence-electron chi connectivity index (χ1n) is 6.71. The van der Waals surface area contributed by atoms with Gasteiger partial charge in [-0.2, -0.15) is 0 Å². The highest BCUT2D eigenvalue weighted by Crippen LogP contribution is 2.38. The van der Waals surface area contributed by atoms with Gasteiger partial charge < -0.3 is 9.64 Å². The Balaban J connectivity index is 2.32. The van der Waals surface area contributed by atoms with Gasteiger partial charge in [-0.15, -0.1) is 0 Å². The summed E-state index contributed by atoms with van der Waals surface area (Å²) in [7, 11) is 2.06. The molecule has 104 valence electrons. The van der Waals surface area contributed by atoms with Crippen LogP contribution in [0.3, 0.4) is 0 Å². The van der Waals surface area contributed by atoms with Gasteiger partial charge in [0.05, 0.1) is 6.61 Å². The van der Waals surface area contributed by atoms with E-state index in [1.54, 1.807) is 0 Å². The summed E-state index contributed by atoms with van der Waals surface area (Å²) >= 11 is 6.13. The maximum atomic E-state index is 12.3. The van der Waals surface area contributed by atoms with Crippen molar-refractivity contribution >= 4 is 17.6 Å². The molecule has 0 N–H and O–H groups in total. The van der Waals surface area contributed by atoms with Crippen molar-refractivity contribution in [2.24, 2.45) is 5.41 Å². The predicted molar refractivity (Wildman–Crippen MR) is 76.7 cm³/mol. The Morgan fingerprint density at radius 3 is 3.00 bits per heavy atom. The summed E-state index contributed by atoms with van der Waals surface area (Å²) < 4.78 is 5.24. The van der Waals surface area contributed by atoms with E-state index in [9.17, 15) is 4.79 Å². The van der Waals surface area contributed by atoms with Crippen molar-refractivity contribution in [3.8, 4) is 0 Å². The second kappa shape index (κ2) is 5.83. The van der Waals surface area contributed by atoms with Crippen LogP contribution in [0, 0.1) is 5.41 Å². The van der Waals surface area contributed by atoms with Gasteiger partial charge in [0.1, 0.15) is 5.41 Å². The van der Waals surface area contributed by atoms with Crippen molar-refractivity contribution < 1.29 is 9.53 Å². The molecule has 1 aliphatic carbocycles. The molecule has 1 fully saturated rings. The van der Waals surface area contributed by atoms with Crippen LogP contribution in [0.25, 0.3) is 0 Å². The number of hydrogen-bond acceptors (Lipinski definition) is 3. The van der Waals surface area contributed by atoms with E-state index in [2.05, 4.69) is 11.9 Å². The third kappa shape index (κ3) is 3.03. The Morgan fingerprint density at radius 2 is 2.42 bits per heavy atom. The number of rotatable bonds is 3. The number of carbonyl (C=O) groups is 1. The molecule has 1 atom stereocenters. The highest BCUT2D eigenvalue weighted by atomic mass is 35.5. The van der Waals surface area contributed by atoms with E-state index in [-0.39, 0.29) is 5.97 Å². The van der Waals surface area contributed by atoms with Crippen LogP contribution in [0.15, 0.2) is 35.0 Å². The normalized spacial score (nSPS) is 28.7. The number of esters is 1. The molecule has 0 radical (unpaired) electrons. The van der Waals surface area contributed by atoms with Crippen molar-refractivity contribution in [2.75, 3.05) is 20.2 Å². The summed E-state index contributed by atoms with van der Waals surface area (Å²) in [5.41, 5.74) is 0.458. The standard InChI is InChI=1S/C15H20ClNO2/c1-3-19-14(18)15(8-4-6-12(16)10-15)11-13-7-5-9-17(13)2/h4,6,8,11H,3,5,7,9-10H2,1-2H3. The van der Waals surface area contributed by atoms with Crippen LogP contribution in [0.5, 0.6) is 0 Å². The Hall–Kier alpha value is -1.22. The molecule has 0 saturated carbocycles. The molecule has 0 aromatic heterocycles. The molecular weight excluding hydrogens is 262 g/mol. The van der Waals surface area contributed by atoms with E-state index >= 15 is 0 Å². The monoisotopic (exact) mass is 281 g/mol. The number of hydrogen-bond donors (Lipinski definition) is 0. The molecule has 1 aliphatic heterocycles. The van der Waals surface area contributed by atoms with Gasteiger partial charge in [0.25, 0.3) is 0 Å². The molecular formula is C15H20ClNO2. The van der Waals surface area contributed by atoms with Gasteiger partial charge in [-0.3, -0.25) is 4.79 Å². The molecule has 1 heterocycles. The van der Waals surface area contributed by atoms with E-state index in [0.29, 0.717) is 18.1 Å². The van der Waals surface area contributed by atoms with Gasteiger partial charge in [-0.25, -0.2) is 0 Å². The average Bonchev–Trinajstić information content (AvgIpc) is 2.75. The van der Waals surface area contributed by atoms with Crippen molar-refractivity contribution in [3.63, 3.8) is 0 Å². The van der Waals surface area contributed by atoms with Crippen molar-refractivity contribution in [1.29, 1.82) is 0 Å². The molecule has 0 aromatic rings. The van der Waals surface area contributed by atoms with Crippen LogP contribution in [-0.4, -0.2) is 31.1 Å². The third-order valence-corrected chi connectivity index (χ3v) is 3.89. The quantitative estimate of drug-likeness (QED) is 0.744. The van der Waals surface area contributed by atoms with Crippen LogP contribution < -0.4 is 0 Å². The Morgan fingerprint density at radius 1 is 1.63 bits per heavy atom. The minimum Gasteiger partial charge on any atom is -0.465 e. The molecule has 2 rings (SSSR count). The zero-order valence-electron chi connectivity index (χ0n) is 11.5. The first-order valence-corrected chi connectivity index (χ1v) is 7.09. The molecule has 4 heteroatoms. The smallest absolute Gasteiger partial charge is 0.320 e. The molecule has 19 heavy (non-hydrogen) atoms. The van der Waals surface area contributed by atoms with Crippen LogP contribution >= 0.6 is 11.6 Å². The van der Waals surface area contributed by atoms with E-state index in [0.717, 1.165) is 19.4 Å². The lowest BCUT2D eigenvalue weighted by molar-refractivity contribution is -0.150. The number of allylic oxidation sites excluding steroid dienone is 4. The maximum absolute atomic E-state index is 12.3. The fourth-order valence-corrected chi connectivity index (χ4v) is 2.89. The fraction of sp³-hybridized carbons (Fsp3) is 0.533. The van der Waals surface area contributed by atoms with Crippen LogP contribution in [0.4, 0.5) is 0 Å². The number of carbonyl (C=O) groups excluding carboxylic acids is 1. The predicted octanol–water partition coefficient (Wildman–Crippen LogP) is 3.23. The average molecular weight is 282 g/mol. The van der Waals surface area contributed by atoms with E-state index in [1.807, 2.05) is 31.2 Å². The second-order valence-corrected chi connectivity index (χ2v) is 5.56. The summed E-state index contributed by atoms with van der Waals surface area (Å²) in [5, 5.41) is 0.688. The lowest BCUT2D eigenvalue weighted by atomic mass is 9.80. The summed E-state index contributed by atoms with van der Waals surface area (Å²) in [5.74, 6) is -0.217. The maximum Gasteiger partial charge on any atom is 0.320 e. The highest BCUT2D eigenvalue weighted by molar-refractivity contribution is 6.30. The van der Waals surface area contributed by atoms with Crippen molar-refractivity contribution in [1.82, 2.24) is 4.90 Å². The lowest BCUT2D eigenvalue weighted by Crippen LogP contribution is -2.31. The molecule has 2 aliphatic rings. The first-order chi connectivity index (χ1) is 9.07. The number of halogens is 1.